The molecule has 1 amide bonds. The summed E-state index contributed by atoms with van der Waals surface area (Å²) in [6.45, 7) is 7.67. The zero-order valence-corrected chi connectivity index (χ0v) is 12.2. The lowest BCUT2D eigenvalue weighted by Gasteiger charge is -2.19. The SMILES string of the molecule is CCNC(=O)CN(C)c1cc(NCC)nc(CC)n1. The molecular weight excluding hydrogens is 242 g/mol. The van der Waals surface area contributed by atoms with Gasteiger partial charge < -0.3 is 15.5 Å². The van der Waals surface area contributed by atoms with Gasteiger partial charge in [0.2, 0.25) is 5.91 Å². The number of aryl methyl sites for hydroxylation is 1. The van der Waals surface area contributed by atoms with Crippen LogP contribution < -0.4 is 15.5 Å². The Balaban J connectivity index is 2.85. The highest BCUT2D eigenvalue weighted by atomic mass is 16.2. The molecule has 6 heteroatoms. The first kappa shape index (κ1) is 15.2. The molecule has 0 aliphatic heterocycles. The van der Waals surface area contributed by atoms with Crippen LogP contribution in [0.3, 0.4) is 0 Å². The Morgan fingerprint density at radius 2 is 2.00 bits per heavy atom. The maximum atomic E-state index is 11.6. The van der Waals surface area contributed by atoms with Crippen molar-refractivity contribution < 1.29 is 4.79 Å². The van der Waals surface area contributed by atoms with Crippen LogP contribution in [0.15, 0.2) is 6.07 Å². The summed E-state index contributed by atoms with van der Waals surface area (Å²) in [4.78, 5) is 22.2. The van der Waals surface area contributed by atoms with Gasteiger partial charge in [0, 0.05) is 32.6 Å². The smallest absolute Gasteiger partial charge is 0.239 e. The van der Waals surface area contributed by atoms with E-state index in [1.54, 1.807) is 0 Å². The highest BCUT2D eigenvalue weighted by molar-refractivity contribution is 5.80. The molecule has 0 aromatic carbocycles. The normalized spacial score (nSPS) is 10.1. The molecule has 0 unspecified atom stereocenters. The number of hydrogen-bond donors (Lipinski definition) is 2. The largest absolute Gasteiger partial charge is 0.370 e. The van der Waals surface area contributed by atoms with E-state index in [1.807, 2.05) is 38.8 Å². The van der Waals surface area contributed by atoms with Crippen LogP contribution in [-0.2, 0) is 11.2 Å². The van der Waals surface area contributed by atoms with Crippen LogP contribution in [0.2, 0.25) is 0 Å². The molecule has 1 rings (SSSR count). The topological polar surface area (TPSA) is 70.2 Å². The molecule has 0 fully saturated rings. The standard InChI is InChI=1S/C13H23N5O/c1-5-10-16-11(14-6-2)8-12(17-10)18(4)9-13(19)15-7-3/h8H,5-7,9H2,1-4H3,(H,15,19)(H,14,16,17). The van der Waals surface area contributed by atoms with Gasteiger partial charge in [0.1, 0.15) is 17.5 Å². The first-order valence-electron chi connectivity index (χ1n) is 6.70. The number of aromatic nitrogens is 2. The molecule has 0 saturated heterocycles. The Bertz CT molecular complexity index is 421. The lowest BCUT2D eigenvalue weighted by molar-refractivity contribution is -0.119. The number of carbonyl (C=O) groups excluding carboxylic acids is 1. The van der Waals surface area contributed by atoms with Crippen LogP contribution in [0.25, 0.3) is 0 Å². The van der Waals surface area contributed by atoms with Crippen LogP contribution in [0.5, 0.6) is 0 Å². The molecule has 0 saturated carbocycles. The Kier molecular flexibility index (Phi) is 6.05. The molecular formula is C13H23N5O. The Hall–Kier alpha value is -1.85. The van der Waals surface area contributed by atoms with Crippen LogP contribution in [-0.4, -0.2) is 42.6 Å². The lowest BCUT2D eigenvalue weighted by Crippen LogP contribution is -2.35. The van der Waals surface area contributed by atoms with Crippen LogP contribution in [0.4, 0.5) is 11.6 Å². The summed E-state index contributed by atoms with van der Waals surface area (Å²) >= 11 is 0. The molecule has 1 heterocycles. The zero-order valence-electron chi connectivity index (χ0n) is 12.2. The molecule has 106 valence electrons. The fraction of sp³-hybridized carbons (Fsp3) is 0.615. The number of likely N-dealkylation sites (N-methyl/N-ethyl adjacent to an activating group) is 2. The van der Waals surface area contributed by atoms with E-state index in [-0.39, 0.29) is 5.91 Å². The third-order valence-corrected chi connectivity index (χ3v) is 2.58. The maximum Gasteiger partial charge on any atom is 0.239 e. The van der Waals surface area contributed by atoms with Crippen molar-refractivity contribution in [3.63, 3.8) is 0 Å². The van der Waals surface area contributed by atoms with Crippen molar-refractivity contribution in [3.05, 3.63) is 11.9 Å². The highest BCUT2D eigenvalue weighted by Gasteiger charge is 2.10. The van der Waals surface area contributed by atoms with Gasteiger partial charge >= 0.3 is 0 Å². The van der Waals surface area contributed by atoms with Gasteiger partial charge in [0.05, 0.1) is 6.54 Å². The fourth-order valence-electron chi connectivity index (χ4n) is 1.66. The van der Waals surface area contributed by atoms with Gasteiger partial charge in [-0.15, -0.1) is 0 Å². The first-order chi connectivity index (χ1) is 9.10. The predicted molar refractivity (Wildman–Crippen MR) is 77.5 cm³/mol. The zero-order chi connectivity index (χ0) is 14.3. The number of amides is 1. The molecule has 0 spiro atoms. The van der Waals surface area contributed by atoms with Crippen LogP contribution in [0.1, 0.15) is 26.6 Å². The monoisotopic (exact) mass is 265 g/mol. The third-order valence-electron chi connectivity index (χ3n) is 2.58. The van der Waals surface area contributed by atoms with E-state index in [4.69, 9.17) is 0 Å². The van der Waals surface area contributed by atoms with Crippen LogP contribution in [0, 0.1) is 0 Å². The molecule has 0 bridgehead atoms. The second kappa shape index (κ2) is 7.56. The summed E-state index contributed by atoms with van der Waals surface area (Å²) in [5.41, 5.74) is 0. The minimum atomic E-state index is -0.00772. The number of carbonyl (C=O) groups is 1. The third kappa shape index (κ3) is 4.73. The number of anilines is 2. The van der Waals surface area contributed by atoms with E-state index in [9.17, 15) is 4.79 Å². The van der Waals surface area contributed by atoms with Crippen molar-refractivity contribution >= 4 is 17.5 Å². The van der Waals surface area contributed by atoms with Gasteiger partial charge in [-0.2, -0.15) is 0 Å². The van der Waals surface area contributed by atoms with E-state index >= 15 is 0 Å². The van der Waals surface area contributed by atoms with E-state index in [0.717, 1.165) is 30.4 Å². The summed E-state index contributed by atoms with van der Waals surface area (Å²) in [5, 5.41) is 5.95. The molecule has 0 atom stereocenters. The quantitative estimate of drug-likeness (QED) is 0.771. The summed E-state index contributed by atoms with van der Waals surface area (Å²) in [6, 6.07) is 1.86. The summed E-state index contributed by atoms with van der Waals surface area (Å²) in [7, 11) is 1.85. The number of nitrogens with zero attached hydrogens (tertiary/aromatic N) is 3. The summed E-state index contributed by atoms with van der Waals surface area (Å²) < 4.78 is 0. The summed E-state index contributed by atoms with van der Waals surface area (Å²) in [6.07, 6.45) is 0.765. The van der Waals surface area contributed by atoms with Gasteiger partial charge in [0.25, 0.3) is 0 Å². The fourth-order valence-corrected chi connectivity index (χ4v) is 1.66. The lowest BCUT2D eigenvalue weighted by atomic mass is 10.4. The maximum absolute atomic E-state index is 11.6. The Morgan fingerprint density at radius 1 is 1.26 bits per heavy atom. The van der Waals surface area contributed by atoms with Crippen molar-refractivity contribution in [3.8, 4) is 0 Å². The van der Waals surface area contributed by atoms with Gasteiger partial charge in [0.15, 0.2) is 0 Å². The molecule has 19 heavy (non-hydrogen) atoms. The Morgan fingerprint density at radius 3 is 2.58 bits per heavy atom. The molecule has 0 aliphatic rings. The van der Waals surface area contributed by atoms with E-state index < -0.39 is 0 Å². The molecule has 1 aromatic rings. The minimum Gasteiger partial charge on any atom is -0.370 e. The van der Waals surface area contributed by atoms with Gasteiger partial charge in [-0.1, -0.05) is 6.92 Å². The van der Waals surface area contributed by atoms with E-state index in [2.05, 4.69) is 20.6 Å². The van der Waals surface area contributed by atoms with Gasteiger partial charge in [-0.25, -0.2) is 9.97 Å². The van der Waals surface area contributed by atoms with Gasteiger partial charge in [-0.3, -0.25) is 4.79 Å². The molecule has 0 radical (unpaired) electrons. The van der Waals surface area contributed by atoms with Crippen molar-refractivity contribution in [2.45, 2.75) is 27.2 Å². The molecule has 2 N–H and O–H groups in total. The van der Waals surface area contributed by atoms with Crippen molar-refractivity contribution in [2.75, 3.05) is 36.9 Å². The van der Waals surface area contributed by atoms with E-state index in [0.29, 0.717) is 13.1 Å². The second-order valence-corrected chi connectivity index (χ2v) is 4.22. The number of hydrogen-bond acceptors (Lipinski definition) is 5. The average molecular weight is 265 g/mol. The van der Waals surface area contributed by atoms with Crippen LogP contribution >= 0.6 is 0 Å². The van der Waals surface area contributed by atoms with Crippen molar-refractivity contribution in [1.82, 2.24) is 15.3 Å². The molecule has 6 nitrogen and oxygen atoms in total. The highest BCUT2D eigenvalue weighted by Crippen LogP contribution is 2.14. The van der Waals surface area contributed by atoms with Gasteiger partial charge in [-0.05, 0) is 13.8 Å². The molecule has 1 aromatic heterocycles. The van der Waals surface area contributed by atoms with Crippen molar-refractivity contribution in [2.24, 2.45) is 0 Å². The average Bonchev–Trinajstić information content (AvgIpc) is 2.38. The molecule has 0 aliphatic carbocycles. The van der Waals surface area contributed by atoms with E-state index in [1.165, 1.54) is 0 Å². The predicted octanol–water partition coefficient (Wildman–Crippen LogP) is 1.04. The number of nitrogens with one attached hydrogen (secondary N) is 2. The second-order valence-electron chi connectivity index (χ2n) is 4.22. The summed E-state index contributed by atoms with van der Waals surface area (Å²) in [5.74, 6) is 2.32. The Labute approximate surface area is 114 Å². The first-order valence-corrected chi connectivity index (χ1v) is 6.70. The van der Waals surface area contributed by atoms with Crippen molar-refractivity contribution in [1.29, 1.82) is 0 Å². The number of rotatable bonds is 7. The minimum absolute atomic E-state index is 0.00772.